The zero-order valence-electron chi connectivity index (χ0n) is 9.12. The van der Waals surface area contributed by atoms with Gasteiger partial charge in [-0.1, -0.05) is 18.2 Å². The van der Waals surface area contributed by atoms with Crippen LogP contribution in [0.4, 0.5) is 10.1 Å². The number of hydrogen-bond donors (Lipinski definition) is 3. The third-order valence-corrected chi connectivity index (χ3v) is 2.73. The summed E-state index contributed by atoms with van der Waals surface area (Å²) >= 11 is 0. The average Bonchev–Trinajstić information content (AvgIpc) is 2.29. The molecule has 0 aliphatic rings. The summed E-state index contributed by atoms with van der Waals surface area (Å²) < 4.78 is 23.7. The maximum atomic E-state index is 12.8. The van der Waals surface area contributed by atoms with E-state index in [-0.39, 0.29) is 5.69 Å². The number of rotatable bonds is 3. The fraction of sp³-hybridized carbons (Fsp3) is 0. The highest BCUT2D eigenvalue weighted by Gasteiger charge is 2.15. The Labute approximate surface area is 103 Å². The van der Waals surface area contributed by atoms with Crippen LogP contribution in [0.3, 0.4) is 0 Å². The molecule has 3 N–H and O–H groups in total. The number of anilines is 1. The molecular weight excluding hydrogens is 258 g/mol. The average molecular weight is 268 g/mol. The Kier molecular flexibility index (Phi) is 3.43. The summed E-state index contributed by atoms with van der Waals surface area (Å²) in [6.07, 6.45) is 1.05. The molecule has 0 radical (unpaired) electrons. The van der Waals surface area contributed by atoms with E-state index in [4.69, 9.17) is 9.79 Å². The molecule has 0 saturated carbocycles. The molecule has 1 aromatic heterocycles. The zero-order chi connectivity index (χ0) is 13.2. The minimum atomic E-state index is -4.40. The highest BCUT2D eigenvalue weighted by Crippen LogP contribution is 2.39. The van der Waals surface area contributed by atoms with Gasteiger partial charge in [0.05, 0.1) is 17.6 Å². The molecule has 2 aromatic rings. The van der Waals surface area contributed by atoms with Crippen molar-refractivity contribution >= 4 is 13.4 Å². The molecule has 0 aliphatic carbocycles. The van der Waals surface area contributed by atoms with Crippen molar-refractivity contribution in [1.29, 1.82) is 0 Å². The molecule has 94 valence electrons. The SMILES string of the molecule is O=P(O)(O)Nc1ccccc1-c1ccc(F)cn1. The Morgan fingerprint density at radius 1 is 1.17 bits per heavy atom. The minimum absolute atomic E-state index is 0.241. The first-order valence-corrected chi connectivity index (χ1v) is 6.62. The largest absolute Gasteiger partial charge is 0.427 e. The monoisotopic (exact) mass is 268 g/mol. The molecule has 2 rings (SSSR count). The topological polar surface area (TPSA) is 82.5 Å². The first kappa shape index (κ1) is 12.7. The highest BCUT2D eigenvalue weighted by atomic mass is 31.2. The number of nitrogens with zero attached hydrogens (tertiary/aromatic N) is 1. The number of halogens is 1. The maximum absolute atomic E-state index is 12.8. The van der Waals surface area contributed by atoms with Gasteiger partial charge in [-0.25, -0.2) is 8.96 Å². The summed E-state index contributed by atoms with van der Waals surface area (Å²) in [4.78, 5) is 21.7. The van der Waals surface area contributed by atoms with Crippen LogP contribution in [0, 0.1) is 5.82 Å². The van der Waals surface area contributed by atoms with Gasteiger partial charge in [0.15, 0.2) is 0 Å². The molecule has 0 spiro atoms. The minimum Gasteiger partial charge on any atom is -0.308 e. The lowest BCUT2D eigenvalue weighted by Gasteiger charge is -2.12. The van der Waals surface area contributed by atoms with Crippen molar-refractivity contribution < 1.29 is 18.7 Å². The Bertz CT molecular complexity index is 597. The smallest absolute Gasteiger partial charge is 0.308 e. The highest BCUT2D eigenvalue weighted by molar-refractivity contribution is 7.53. The number of para-hydroxylation sites is 1. The fourth-order valence-electron chi connectivity index (χ4n) is 1.50. The van der Waals surface area contributed by atoms with Crippen LogP contribution in [0.1, 0.15) is 0 Å². The predicted octanol–water partition coefficient (Wildman–Crippen LogP) is 2.39. The number of benzene rings is 1. The van der Waals surface area contributed by atoms with E-state index in [1.807, 2.05) is 0 Å². The summed E-state index contributed by atoms with van der Waals surface area (Å²) in [7, 11) is -4.40. The van der Waals surface area contributed by atoms with Gasteiger partial charge in [-0.2, -0.15) is 0 Å². The van der Waals surface area contributed by atoms with Crippen LogP contribution < -0.4 is 5.09 Å². The molecule has 1 heterocycles. The predicted molar refractivity (Wildman–Crippen MR) is 65.3 cm³/mol. The second kappa shape index (κ2) is 4.86. The van der Waals surface area contributed by atoms with Gasteiger partial charge in [0, 0.05) is 5.56 Å². The van der Waals surface area contributed by atoms with Gasteiger partial charge < -0.3 is 9.79 Å². The Hall–Kier alpha value is -1.75. The van der Waals surface area contributed by atoms with Crippen LogP contribution >= 0.6 is 7.75 Å². The molecule has 0 atom stereocenters. The summed E-state index contributed by atoms with van der Waals surface area (Å²) in [5, 5.41) is 2.10. The van der Waals surface area contributed by atoms with Gasteiger partial charge in [-0.15, -0.1) is 0 Å². The molecule has 0 aliphatic heterocycles. The number of nitrogens with one attached hydrogen (secondary N) is 1. The molecule has 7 heteroatoms. The zero-order valence-corrected chi connectivity index (χ0v) is 10.0. The van der Waals surface area contributed by atoms with Gasteiger partial charge in [0.1, 0.15) is 5.82 Å². The lowest BCUT2D eigenvalue weighted by molar-refractivity contribution is 0.380. The second-order valence-corrected chi connectivity index (χ2v) is 4.87. The van der Waals surface area contributed by atoms with Gasteiger partial charge in [0.25, 0.3) is 0 Å². The van der Waals surface area contributed by atoms with E-state index in [2.05, 4.69) is 10.1 Å². The number of aromatic nitrogens is 1. The Balaban J connectivity index is 2.44. The van der Waals surface area contributed by atoms with Crippen LogP contribution in [-0.2, 0) is 4.57 Å². The molecule has 1 aromatic carbocycles. The third kappa shape index (κ3) is 3.13. The first-order valence-electron chi connectivity index (χ1n) is 5.00. The molecule has 0 fully saturated rings. The number of pyridine rings is 1. The van der Waals surface area contributed by atoms with Crippen LogP contribution in [0.5, 0.6) is 0 Å². The van der Waals surface area contributed by atoms with E-state index in [1.54, 1.807) is 18.2 Å². The standard InChI is InChI=1S/C11H10FN2O3P/c12-8-5-6-10(13-7-8)9-3-1-2-4-11(9)14-18(15,16)17/h1-7H,(H3,14,15,16,17). The lowest BCUT2D eigenvalue weighted by Crippen LogP contribution is -1.97. The van der Waals surface area contributed by atoms with Crippen LogP contribution in [0.2, 0.25) is 0 Å². The van der Waals surface area contributed by atoms with Crippen molar-refractivity contribution in [3.05, 3.63) is 48.4 Å². The van der Waals surface area contributed by atoms with E-state index >= 15 is 0 Å². The molecule has 0 amide bonds. The Morgan fingerprint density at radius 2 is 1.89 bits per heavy atom. The van der Waals surface area contributed by atoms with Crippen molar-refractivity contribution in [2.24, 2.45) is 0 Å². The summed E-state index contributed by atoms with van der Waals surface area (Å²) in [6.45, 7) is 0. The van der Waals surface area contributed by atoms with E-state index in [0.717, 1.165) is 6.20 Å². The lowest BCUT2D eigenvalue weighted by atomic mass is 10.1. The molecule has 5 nitrogen and oxygen atoms in total. The second-order valence-electron chi connectivity index (χ2n) is 3.56. The maximum Gasteiger partial charge on any atom is 0.427 e. The first-order chi connectivity index (χ1) is 8.46. The van der Waals surface area contributed by atoms with Crippen LogP contribution in [-0.4, -0.2) is 14.8 Å². The van der Waals surface area contributed by atoms with Gasteiger partial charge >= 0.3 is 7.75 Å². The number of hydrogen-bond acceptors (Lipinski definition) is 2. The van der Waals surface area contributed by atoms with Gasteiger partial charge in [0.2, 0.25) is 0 Å². The van der Waals surface area contributed by atoms with Crippen molar-refractivity contribution in [1.82, 2.24) is 4.98 Å². The summed E-state index contributed by atoms with van der Waals surface area (Å²) in [6, 6.07) is 9.15. The third-order valence-electron chi connectivity index (χ3n) is 2.20. The molecule has 0 saturated heterocycles. The molecule has 0 unspecified atom stereocenters. The summed E-state index contributed by atoms with van der Waals surface area (Å²) in [5.74, 6) is -0.473. The molecule has 0 bridgehead atoms. The van der Waals surface area contributed by atoms with E-state index in [9.17, 15) is 8.96 Å². The Morgan fingerprint density at radius 3 is 2.50 bits per heavy atom. The van der Waals surface area contributed by atoms with E-state index < -0.39 is 13.6 Å². The van der Waals surface area contributed by atoms with E-state index in [0.29, 0.717) is 11.3 Å². The normalized spacial score (nSPS) is 11.3. The van der Waals surface area contributed by atoms with E-state index in [1.165, 1.54) is 18.2 Å². The molecule has 18 heavy (non-hydrogen) atoms. The van der Waals surface area contributed by atoms with Gasteiger partial charge in [-0.3, -0.25) is 10.1 Å². The fourth-order valence-corrected chi connectivity index (χ4v) is 2.00. The van der Waals surface area contributed by atoms with Crippen LogP contribution in [0.15, 0.2) is 42.6 Å². The summed E-state index contributed by atoms with van der Waals surface area (Å²) in [5.41, 5.74) is 1.15. The van der Waals surface area contributed by atoms with Crippen molar-refractivity contribution in [3.63, 3.8) is 0 Å². The van der Waals surface area contributed by atoms with Crippen LogP contribution in [0.25, 0.3) is 11.3 Å². The van der Waals surface area contributed by atoms with Crippen molar-refractivity contribution in [2.75, 3.05) is 5.09 Å². The van der Waals surface area contributed by atoms with Crippen molar-refractivity contribution in [2.45, 2.75) is 0 Å². The molecular formula is C11H10FN2O3P. The van der Waals surface area contributed by atoms with Crippen molar-refractivity contribution in [3.8, 4) is 11.3 Å². The quantitative estimate of drug-likeness (QED) is 0.744. The van der Waals surface area contributed by atoms with Gasteiger partial charge in [-0.05, 0) is 18.2 Å².